The first-order valence-corrected chi connectivity index (χ1v) is 6.21. The van der Waals surface area contributed by atoms with Gasteiger partial charge in [0, 0.05) is 11.9 Å². The van der Waals surface area contributed by atoms with Gasteiger partial charge in [-0.3, -0.25) is 0 Å². The Bertz CT molecular complexity index is 322. The van der Waals surface area contributed by atoms with Gasteiger partial charge in [-0.05, 0) is 24.1 Å². The van der Waals surface area contributed by atoms with E-state index in [1.165, 1.54) is 7.11 Å². The maximum atomic E-state index is 11.2. The molecule has 3 nitrogen and oxygen atoms in total. The predicted octanol–water partition coefficient (Wildman–Crippen LogP) is 2.77. The summed E-state index contributed by atoms with van der Waals surface area (Å²) in [5.74, 6) is -0.313. The Morgan fingerprint density at radius 3 is 2.56 bits per heavy atom. The quantitative estimate of drug-likeness (QED) is 0.458. The van der Waals surface area contributed by atoms with Crippen LogP contribution in [0.15, 0.2) is 24.3 Å². The minimum Gasteiger partial charge on any atom is -0.465 e. The molecule has 88 valence electrons. The summed E-state index contributed by atoms with van der Waals surface area (Å²) in [4.78, 5) is 11.2. The van der Waals surface area contributed by atoms with E-state index in [-0.39, 0.29) is 5.97 Å². The number of carbonyl (C=O) groups is 1. The number of hydrogen-bond acceptors (Lipinski definition) is 3. The number of ether oxygens (including phenoxy) is 2. The number of rotatable bonds is 6. The van der Waals surface area contributed by atoms with Gasteiger partial charge in [-0.2, -0.15) is 0 Å². The van der Waals surface area contributed by atoms with Crippen LogP contribution in [0.4, 0.5) is 0 Å². The van der Waals surface area contributed by atoms with Crippen molar-refractivity contribution in [1.29, 1.82) is 0 Å². The molecular weight excluding hydrogens is 272 g/mol. The molecule has 0 radical (unpaired) electrons. The molecule has 0 aromatic heterocycles. The summed E-state index contributed by atoms with van der Waals surface area (Å²) >= 11 is 3.34. The second-order valence-electron chi connectivity index (χ2n) is 3.28. The van der Waals surface area contributed by atoms with Crippen LogP contribution >= 0.6 is 15.9 Å². The molecule has 16 heavy (non-hydrogen) atoms. The van der Waals surface area contributed by atoms with E-state index in [4.69, 9.17) is 4.74 Å². The van der Waals surface area contributed by atoms with Crippen LogP contribution in [0.5, 0.6) is 0 Å². The smallest absolute Gasteiger partial charge is 0.337 e. The largest absolute Gasteiger partial charge is 0.465 e. The third-order valence-electron chi connectivity index (χ3n) is 2.07. The molecule has 0 aliphatic heterocycles. The van der Waals surface area contributed by atoms with Gasteiger partial charge in [0.25, 0.3) is 0 Å². The van der Waals surface area contributed by atoms with Gasteiger partial charge in [0.05, 0.1) is 19.3 Å². The van der Waals surface area contributed by atoms with E-state index < -0.39 is 0 Å². The maximum absolute atomic E-state index is 11.2. The summed E-state index contributed by atoms with van der Waals surface area (Å²) in [6, 6.07) is 7.24. The van der Waals surface area contributed by atoms with Crippen LogP contribution in [0.25, 0.3) is 0 Å². The Morgan fingerprint density at radius 2 is 2.00 bits per heavy atom. The van der Waals surface area contributed by atoms with E-state index in [0.717, 1.165) is 23.9 Å². The van der Waals surface area contributed by atoms with Crippen molar-refractivity contribution in [2.24, 2.45) is 0 Å². The molecule has 0 bridgehead atoms. The van der Waals surface area contributed by atoms with Crippen molar-refractivity contribution in [3.8, 4) is 0 Å². The second kappa shape index (κ2) is 7.41. The summed E-state index contributed by atoms with van der Waals surface area (Å²) in [6.45, 7) is 1.32. The lowest BCUT2D eigenvalue weighted by molar-refractivity contribution is 0.0600. The van der Waals surface area contributed by atoms with Crippen molar-refractivity contribution in [2.75, 3.05) is 19.0 Å². The molecular formula is C12H15BrO3. The van der Waals surface area contributed by atoms with Gasteiger partial charge in [-0.15, -0.1) is 0 Å². The number of halogens is 1. The molecule has 0 saturated carbocycles. The summed E-state index contributed by atoms with van der Waals surface area (Å²) in [5, 5.41) is 0.953. The van der Waals surface area contributed by atoms with Crippen LogP contribution in [0.1, 0.15) is 22.3 Å². The number of alkyl halides is 1. The number of methoxy groups -OCH3 is 1. The summed E-state index contributed by atoms with van der Waals surface area (Å²) in [5.41, 5.74) is 1.62. The summed E-state index contributed by atoms with van der Waals surface area (Å²) in [6.07, 6.45) is 1.00. The van der Waals surface area contributed by atoms with Gasteiger partial charge in [0.15, 0.2) is 0 Å². The molecule has 1 aromatic carbocycles. The normalized spacial score (nSPS) is 10.1. The standard InChI is InChI=1S/C12H15BrO3/c1-15-12(14)11-5-3-10(4-6-11)9-16-8-2-7-13/h3-6H,2,7-9H2,1H3. The number of benzene rings is 1. The van der Waals surface area contributed by atoms with E-state index in [1.807, 2.05) is 12.1 Å². The minimum absolute atomic E-state index is 0.313. The van der Waals surface area contributed by atoms with Crippen LogP contribution in [-0.4, -0.2) is 25.0 Å². The van der Waals surface area contributed by atoms with Crippen LogP contribution in [-0.2, 0) is 16.1 Å². The molecule has 4 heteroatoms. The topological polar surface area (TPSA) is 35.5 Å². The monoisotopic (exact) mass is 286 g/mol. The average molecular weight is 287 g/mol. The molecule has 0 unspecified atom stereocenters. The number of hydrogen-bond donors (Lipinski definition) is 0. The molecule has 1 rings (SSSR count). The van der Waals surface area contributed by atoms with Gasteiger partial charge in [-0.1, -0.05) is 28.1 Å². The van der Waals surface area contributed by atoms with Crippen molar-refractivity contribution < 1.29 is 14.3 Å². The lowest BCUT2D eigenvalue weighted by Crippen LogP contribution is -2.01. The fraction of sp³-hybridized carbons (Fsp3) is 0.417. The molecule has 1 aromatic rings. The zero-order chi connectivity index (χ0) is 11.8. The van der Waals surface area contributed by atoms with E-state index in [9.17, 15) is 4.79 Å². The van der Waals surface area contributed by atoms with E-state index >= 15 is 0 Å². The van der Waals surface area contributed by atoms with Gasteiger partial charge in [0.1, 0.15) is 0 Å². The maximum Gasteiger partial charge on any atom is 0.337 e. The highest BCUT2D eigenvalue weighted by Crippen LogP contribution is 2.07. The molecule has 0 spiro atoms. The molecule has 0 aliphatic rings. The van der Waals surface area contributed by atoms with Crippen molar-refractivity contribution in [2.45, 2.75) is 13.0 Å². The third kappa shape index (κ3) is 4.33. The highest BCUT2D eigenvalue weighted by Gasteiger charge is 2.03. The molecule has 0 atom stereocenters. The Kier molecular flexibility index (Phi) is 6.11. The van der Waals surface area contributed by atoms with Crippen LogP contribution < -0.4 is 0 Å². The summed E-state index contributed by atoms with van der Waals surface area (Å²) < 4.78 is 10.1. The van der Waals surface area contributed by atoms with Crippen molar-refractivity contribution in [3.63, 3.8) is 0 Å². The number of carbonyl (C=O) groups excluding carboxylic acids is 1. The molecule has 0 fully saturated rings. The molecule has 0 N–H and O–H groups in total. The lowest BCUT2D eigenvalue weighted by Gasteiger charge is -2.04. The fourth-order valence-corrected chi connectivity index (χ4v) is 1.43. The van der Waals surface area contributed by atoms with E-state index in [0.29, 0.717) is 12.2 Å². The zero-order valence-corrected chi connectivity index (χ0v) is 10.8. The molecule has 0 saturated heterocycles. The zero-order valence-electron chi connectivity index (χ0n) is 9.24. The first-order chi connectivity index (χ1) is 7.77. The molecule has 0 heterocycles. The van der Waals surface area contributed by atoms with Crippen LogP contribution in [0.3, 0.4) is 0 Å². The van der Waals surface area contributed by atoms with Crippen LogP contribution in [0, 0.1) is 0 Å². The second-order valence-corrected chi connectivity index (χ2v) is 4.08. The Labute approximate surface area is 104 Å². The van der Waals surface area contributed by atoms with Gasteiger partial charge in [0.2, 0.25) is 0 Å². The van der Waals surface area contributed by atoms with E-state index in [2.05, 4.69) is 20.7 Å². The summed E-state index contributed by atoms with van der Waals surface area (Å²) in [7, 11) is 1.37. The molecule has 0 amide bonds. The SMILES string of the molecule is COC(=O)c1ccc(COCCCBr)cc1. The Balaban J connectivity index is 2.42. The van der Waals surface area contributed by atoms with Crippen molar-refractivity contribution in [3.05, 3.63) is 35.4 Å². The van der Waals surface area contributed by atoms with Crippen LogP contribution in [0.2, 0.25) is 0 Å². The van der Waals surface area contributed by atoms with Gasteiger partial charge >= 0.3 is 5.97 Å². The van der Waals surface area contributed by atoms with Gasteiger partial charge in [-0.25, -0.2) is 4.79 Å². The van der Waals surface area contributed by atoms with E-state index in [1.54, 1.807) is 12.1 Å². The first-order valence-electron chi connectivity index (χ1n) is 5.09. The average Bonchev–Trinajstić information content (AvgIpc) is 2.34. The van der Waals surface area contributed by atoms with Crippen molar-refractivity contribution in [1.82, 2.24) is 0 Å². The lowest BCUT2D eigenvalue weighted by atomic mass is 10.1. The Morgan fingerprint density at radius 1 is 1.31 bits per heavy atom. The van der Waals surface area contributed by atoms with Gasteiger partial charge < -0.3 is 9.47 Å². The fourth-order valence-electron chi connectivity index (χ4n) is 1.20. The minimum atomic E-state index is -0.313. The highest BCUT2D eigenvalue weighted by atomic mass is 79.9. The van der Waals surface area contributed by atoms with Crippen molar-refractivity contribution >= 4 is 21.9 Å². The predicted molar refractivity (Wildman–Crippen MR) is 65.8 cm³/mol. The number of esters is 1. The first kappa shape index (κ1) is 13.2. The Hall–Kier alpha value is -0.870. The third-order valence-corrected chi connectivity index (χ3v) is 2.63. The highest BCUT2D eigenvalue weighted by molar-refractivity contribution is 9.09. The molecule has 0 aliphatic carbocycles.